The first kappa shape index (κ1) is 24.0. The number of carbonyl (C=O) groups excluding carboxylic acids is 2. The Bertz CT molecular complexity index is 1110. The molecule has 0 radical (unpaired) electrons. The minimum absolute atomic E-state index is 0.103. The normalized spacial score (nSPS) is 11.4. The van der Waals surface area contributed by atoms with Crippen LogP contribution in [0, 0.1) is 15.9 Å². The first-order valence-electron chi connectivity index (χ1n) is 9.08. The highest BCUT2D eigenvalue weighted by Crippen LogP contribution is 2.21. The number of carbonyl (C=O) groups is 2. The first-order valence-corrected chi connectivity index (χ1v) is 10.5. The number of aryl methyl sites for hydroxylation is 1. The van der Waals surface area contributed by atoms with Crippen LogP contribution in [0.1, 0.15) is 24.3 Å². The van der Waals surface area contributed by atoms with Crippen molar-refractivity contribution in [2.75, 3.05) is 25.0 Å². The number of nitrogens with one attached hydrogen (secondary N) is 1. The van der Waals surface area contributed by atoms with E-state index < -0.39 is 50.6 Å². The van der Waals surface area contributed by atoms with E-state index in [1.807, 2.05) is 0 Å². The Hall–Kier alpha value is -3.32. The van der Waals surface area contributed by atoms with E-state index in [1.54, 1.807) is 13.8 Å². The average molecular weight is 456 g/mol. The summed E-state index contributed by atoms with van der Waals surface area (Å²) in [6, 6.07) is 3.72. The summed E-state index contributed by atoms with van der Waals surface area (Å²) in [4.78, 5) is 34.2. The van der Waals surface area contributed by atoms with Crippen molar-refractivity contribution in [3.05, 3.63) is 52.1 Å². The Kier molecular flexibility index (Phi) is 7.46. The van der Waals surface area contributed by atoms with Crippen LogP contribution in [0.3, 0.4) is 0 Å². The number of aromatic nitrogens is 1. The number of nitrogens with zero attached hydrogens (tertiary/aromatic N) is 3. The number of hydrogen-bond acceptors (Lipinski definition) is 7. The van der Waals surface area contributed by atoms with Gasteiger partial charge in [0.15, 0.2) is 6.61 Å². The molecule has 0 aliphatic heterocycles. The van der Waals surface area contributed by atoms with Gasteiger partial charge < -0.3 is 14.6 Å². The summed E-state index contributed by atoms with van der Waals surface area (Å²) in [6.07, 6.45) is 1.25. The van der Waals surface area contributed by atoms with Gasteiger partial charge in [0.2, 0.25) is 10.0 Å². The molecule has 0 saturated heterocycles. The number of hydrogen-bond donors (Lipinski definition) is 1. The number of esters is 1. The second-order valence-corrected chi connectivity index (χ2v) is 8.24. The van der Waals surface area contributed by atoms with Crippen LogP contribution >= 0.6 is 0 Å². The van der Waals surface area contributed by atoms with E-state index in [2.05, 4.69) is 5.32 Å². The Morgan fingerprint density at radius 1 is 1.26 bits per heavy atom. The van der Waals surface area contributed by atoms with E-state index in [0.717, 1.165) is 24.3 Å². The van der Waals surface area contributed by atoms with Gasteiger partial charge in [0.25, 0.3) is 11.6 Å². The zero-order valence-electron chi connectivity index (χ0n) is 17.0. The number of rotatable bonds is 9. The lowest BCUT2D eigenvalue weighted by atomic mass is 10.2. The lowest BCUT2D eigenvalue weighted by Crippen LogP contribution is -2.30. The number of benzene rings is 1. The van der Waals surface area contributed by atoms with Crippen molar-refractivity contribution in [3.63, 3.8) is 0 Å². The number of nitro benzene ring substituents is 1. The second kappa shape index (κ2) is 9.66. The number of sulfonamides is 1. The van der Waals surface area contributed by atoms with Gasteiger partial charge in [-0.05, 0) is 12.1 Å². The first-order chi connectivity index (χ1) is 14.5. The van der Waals surface area contributed by atoms with Crippen molar-refractivity contribution in [1.29, 1.82) is 0 Å². The molecular weight excluding hydrogens is 435 g/mol. The predicted molar refractivity (Wildman–Crippen MR) is 107 cm³/mol. The Morgan fingerprint density at radius 2 is 1.90 bits per heavy atom. The quantitative estimate of drug-likeness (QED) is 0.345. The van der Waals surface area contributed by atoms with Crippen LogP contribution in [-0.2, 0) is 26.6 Å². The van der Waals surface area contributed by atoms with E-state index in [1.165, 1.54) is 22.1 Å². The van der Waals surface area contributed by atoms with E-state index in [4.69, 9.17) is 4.74 Å². The second-order valence-electron chi connectivity index (χ2n) is 6.31. The molecule has 13 heteroatoms. The molecule has 1 aromatic carbocycles. The molecule has 1 N–H and O–H groups in total. The average Bonchev–Trinajstić information content (AvgIpc) is 3.11. The van der Waals surface area contributed by atoms with Gasteiger partial charge in [-0.15, -0.1) is 0 Å². The number of non-ortho nitro benzene ring substituents is 1. The van der Waals surface area contributed by atoms with Gasteiger partial charge in [0.1, 0.15) is 16.4 Å². The molecule has 1 heterocycles. The van der Waals surface area contributed by atoms with Crippen LogP contribution in [0.25, 0.3) is 0 Å². The Balaban J connectivity index is 2.08. The van der Waals surface area contributed by atoms with E-state index in [9.17, 15) is 32.5 Å². The lowest BCUT2D eigenvalue weighted by Gasteiger charge is -2.17. The molecule has 2 aromatic rings. The molecule has 0 aliphatic carbocycles. The van der Waals surface area contributed by atoms with Crippen molar-refractivity contribution < 1.29 is 32.1 Å². The highest BCUT2D eigenvalue weighted by Gasteiger charge is 2.26. The van der Waals surface area contributed by atoms with Crippen LogP contribution in [0.5, 0.6) is 0 Å². The Morgan fingerprint density at radius 3 is 2.48 bits per heavy atom. The van der Waals surface area contributed by atoms with Crippen molar-refractivity contribution >= 4 is 33.3 Å². The maximum atomic E-state index is 13.7. The molecule has 0 fully saturated rings. The van der Waals surface area contributed by atoms with E-state index in [-0.39, 0.29) is 23.7 Å². The smallest absolute Gasteiger partial charge is 0.355 e. The summed E-state index contributed by atoms with van der Waals surface area (Å²) in [5.41, 5.74) is -0.985. The number of amides is 1. The van der Waals surface area contributed by atoms with Gasteiger partial charge in [-0.25, -0.2) is 17.6 Å². The molecule has 31 heavy (non-hydrogen) atoms. The van der Waals surface area contributed by atoms with Gasteiger partial charge in [-0.1, -0.05) is 13.8 Å². The minimum atomic E-state index is -3.80. The highest BCUT2D eigenvalue weighted by atomic mass is 32.2. The topological polar surface area (TPSA) is 141 Å². The van der Waals surface area contributed by atoms with Crippen molar-refractivity contribution in [3.8, 4) is 0 Å². The maximum Gasteiger partial charge on any atom is 0.355 e. The maximum absolute atomic E-state index is 13.7. The molecule has 11 nitrogen and oxygen atoms in total. The summed E-state index contributed by atoms with van der Waals surface area (Å²) < 4.78 is 46.2. The fraction of sp³-hybridized carbons (Fsp3) is 0.333. The third-order valence-electron chi connectivity index (χ3n) is 4.30. The number of nitro groups is 1. The minimum Gasteiger partial charge on any atom is -0.451 e. The molecule has 1 aromatic heterocycles. The third-order valence-corrected chi connectivity index (χ3v) is 6.32. The zero-order chi connectivity index (χ0) is 23.3. The van der Waals surface area contributed by atoms with Crippen LogP contribution in [0.15, 0.2) is 35.4 Å². The van der Waals surface area contributed by atoms with Gasteiger partial charge >= 0.3 is 5.97 Å². The molecule has 168 valence electrons. The van der Waals surface area contributed by atoms with Crippen molar-refractivity contribution in [1.82, 2.24) is 8.87 Å². The summed E-state index contributed by atoms with van der Waals surface area (Å²) >= 11 is 0. The summed E-state index contributed by atoms with van der Waals surface area (Å²) in [5.74, 6) is -2.81. The van der Waals surface area contributed by atoms with Crippen LogP contribution < -0.4 is 5.32 Å². The van der Waals surface area contributed by atoms with Crippen LogP contribution in [0.2, 0.25) is 0 Å². The van der Waals surface area contributed by atoms with Gasteiger partial charge in [-0.3, -0.25) is 14.9 Å². The standard InChI is InChI=1S/C18H21FN4O7S/c1-4-22(5-2)31(28,29)13-9-16(21(3)10-13)18(25)30-11-17(24)20-15-8-12(23(26)27)6-7-14(15)19/h6-10H,4-5,11H2,1-3H3,(H,20,24). The van der Waals surface area contributed by atoms with E-state index in [0.29, 0.717) is 0 Å². The number of ether oxygens (including phenoxy) is 1. The molecule has 1 amide bonds. The van der Waals surface area contributed by atoms with Gasteiger partial charge in [-0.2, -0.15) is 4.31 Å². The molecule has 0 atom stereocenters. The molecular formula is C18H21FN4O7S. The Labute approximate surface area is 177 Å². The molecule has 0 aliphatic rings. The molecule has 0 unspecified atom stereocenters. The van der Waals surface area contributed by atoms with E-state index >= 15 is 0 Å². The highest BCUT2D eigenvalue weighted by molar-refractivity contribution is 7.89. The van der Waals surface area contributed by atoms with Crippen LogP contribution in [0.4, 0.5) is 15.8 Å². The molecule has 2 rings (SSSR count). The number of halogens is 1. The number of anilines is 1. The zero-order valence-corrected chi connectivity index (χ0v) is 17.8. The fourth-order valence-electron chi connectivity index (χ4n) is 2.70. The summed E-state index contributed by atoms with van der Waals surface area (Å²) in [5, 5.41) is 12.8. The molecule has 0 bridgehead atoms. The van der Waals surface area contributed by atoms with Gasteiger partial charge in [0, 0.05) is 38.5 Å². The molecule has 0 saturated carbocycles. The lowest BCUT2D eigenvalue weighted by molar-refractivity contribution is -0.384. The van der Waals surface area contributed by atoms with Gasteiger partial charge in [0.05, 0.1) is 10.6 Å². The summed E-state index contributed by atoms with van der Waals surface area (Å²) in [7, 11) is -2.35. The monoisotopic (exact) mass is 456 g/mol. The predicted octanol–water partition coefficient (Wildman–Crippen LogP) is 1.90. The summed E-state index contributed by atoms with van der Waals surface area (Å²) in [6.45, 7) is 3.05. The largest absolute Gasteiger partial charge is 0.451 e. The van der Waals surface area contributed by atoms with Crippen molar-refractivity contribution in [2.24, 2.45) is 7.05 Å². The van der Waals surface area contributed by atoms with Crippen LogP contribution in [-0.4, -0.2) is 53.8 Å². The third kappa shape index (κ3) is 5.44. The SMILES string of the molecule is CCN(CC)S(=O)(=O)c1cc(C(=O)OCC(=O)Nc2cc([N+](=O)[O-])ccc2F)n(C)c1. The fourth-order valence-corrected chi connectivity index (χ4v) is 4.23. The molecule has 0 spiro atoms. The van der Waals surface area contributed by atoms with Crippen molar-refractivity contribution in [2.45, 2.75) is 18.7 Å².